The molecule has 0 rings (SSSR count). The van der Waals surface area contributed by atoms with E-state index in [0.29, 0.717) is 6.54 Å². The average Bonchev–Trinajstić information content (AvgIpc) is 2.24. The summed E-state index contributed by atoms with van der Waals surface area (Å²) in [4.78, 5) is 0. The normalized spacial score (nSPS) is 12.0. The molecule has 0 aliphatic rings. The van der Waals surface area contributed by atoms with Gasteiger partial charge in [0, 0.05) is 0 Å². The Morgan fingerprint density at radius 3 is 2.07 bits per heavy atom. The first-order chi connectivity index (χ1) is 6.74. The van der Waals surface area contributed by atoms with E-state index >= 15 is 0 Å². The van der Waals surface area contributed by atoms with Crippen molar-refractivity contribution >= 4 is 0 Å². The summed E-state index contributed by atoms with van der Waals surface area (Å²) < 4.78 is 16.9. The van der Waals surface area contributed by atoms with E-state index in [0.717, 1.165) is 24.2 Å². The zero-order valence-electron chi connectivity index (χ0n) is 9.34. The van der Waals surface area contributed by atoms with Gasteiger partial charge in [0.15, 0.2) is 0 Å². The minimum absolute atomic E-state index is 0.672. The summed E-state index contributed by atoms with van der Waals surface area (Å²) in [7, 11) is 4.96. The van der Waals surface area contributed by atoms with Crippen molar-refractivity contribution in [1.29, 1.82) is 0 Å². The van der Waals surface area contributed by atoms with E-state index in [9.17, 15) is 0 Å². The second-order valence-electron chi connectivity index (χ2n) is 2.94. The van der Waals surface area contributed by atoms with Crippen LogP contribution in [0.25, 0.3) is 0 Å². The Balaban J connectivity index is 3.61. The molecule has 0 saturated carbocycles. The zero-order chi connectivity index (χ0) is 10.9. The predicted molar refractivity (Wildman–Crippen MR) is 52.4 cm³/mol. The molecule has 0 aliphatic heterocycles. The van der Waals surface area contributed by atoms with E-state index in [-0.39, 0.29) is 0 Å². The first-order valence-electron chi connectivity index (χ1n) is 4.81. The molecule has 5 nitrogen and oxygen atoms in total. The number of rotatable bonds is 9. The molecule has 0 unspecified atom stereocenters. The Morgan fingerprint density at radius 2 is 1.64 bits per heavy atom. The van der Waals surface area contributed by atoms with Gasteiger partial charge in [0.2, 0.25) is 0 Å². The molecule has 0 atom stereocenters. The fraction of sp³-hybridized carbons (Fsp3) is 1.00. The monoisotopic (exact) mass is 242 g/mol. The first-order valence-corrected chi connectivity index (χ1v) is 7.82. The molecule has 0 saturated heterocycles. The molecule has 0 heterocycles. The summed E-state index contributed by atoms with van der Waals surface area (Å²) in [5, 5.41) is 3.22. The third-order valence-electron chi connectivity index (χ3n) is 2.09. The molecule has 0 fully saturated rings. The molecule has 0 aromatic rings. The van der Waals surface area contributed by atoms with Crippen LogP contribution in [0, 0.1) is 0 Å². The number of nitrogens with two attached hydrogens (primary N) is 1. The molecule has 0 aromatic heterocycles. The van der Waals surface area contributed by atoms with Gasteiger partial charge in [-0.05, 0) is 0 Å². The van der Waals surface area contributed by atoms with Crippen molar-refractivity contribution in [2.45, 2.75) is 11.1 Å². The van der Waals surface area contributed by atoms with Gasteiger partial charge in [0.25, 0.3) is 0 Å². The van der Waals surface area contributed by atoms with Crippen LogP contribution in [0.1, 0.15) is 6.42 Å². The van der Waals surface area contributed by atoms with Gasteiger partial charge < -0.3 is 0 Å². The van der Waals surface area contributed by atoms with Crippen LogP contribution in [-0.4, -0.2) is 41.0 Å². The summed E-state index contributed by atoms with van der Waals surface area (Å²) >= 11 is -2.86. The summed E-state index contributed by atoms with van der Waals surface area (Å²) in [5.41, 5.74) is 5.35. The Hall–Kier alpha value is 0.514. The first kappa shape index (κ1) is 14.5. The third kappa shape index (κ3) is 5.41. The second kappa shape index (κ2) is 8.79. The standard InChI is InChI=1S/C5H13N2.3CH3O.Ti/c1-2-4-7-5-3-6;3*1-2;/h7H,1-6H2;3*1H3;/q;3*-1;+3. The molecule has 0 aliphatic carbocycles. The fourth-order valence-corrected chi connectivity index (χ4v) is 3.90. The topological polar surface area (TPSA) is 65.7 Å². The van der Waals surface area contributed by atoms with Crippen LogP contribution in [0.15, 0.2) is 0 Å². The van der Waals surface area contributed by atoms with Crippen LogP contribution >= 0.6 is 0 Å². The molecule has 86 valence electrons. The van der Waals surface area contributed by atoms with Gasteiger partial charge in [-0.3, -0.25) is 0 Å². The van der Waals surface area contributed by atoms with Gasteiger partial charge in [-0.2, -0.15) is 0 Å². The van der Waals surface area contributed by atoms with Crippen LogP contribution in [0.3, 0.4) is 0 Å². The molecule has 0 radical (unpaired) electrons. The van der Waals surface area contributed by atoms with Crippen LogP contribution in [0.4, 0.5) is 0 Å². The van der Waals surface area contributed by atoms with Crippen molar-refractivity contribution in [3.05, 3.63) is 0 Å². The minimum atomic E-state index is -2.86. The van der Waals surface area contributed by atoms with E-state index in [2.05, 4.69) is 5.32 Å². The van der Waals surface area contributed by atoms with Crippen molar-refractivity contribution in [1.82, 2.24) is 5.32 Å². The van der Waals surface area contributed by atoms with Crippen molar-refractivity contribution in [2.75, 3.05) is 41.0 Å². The summed E-state index contributed by atoms with van der Waals surface area (Å²) in [6.07, 6.45) is 0.996. The quantitative estimate of drug-likeness (QED) is 0.446. The van der Waals surface area contributed by atoms with E-state index in [1.54, 1.807) is 21.3 Å². The average molecular weight is 242 g/mol. The summed E-state index contributed by atoms with van der Waals surface area (Å²) in [5.74, 6) is 0. The third-order valence-corrected chi connectivity index (χ3v) is 6.51. The van der Waals surface area contributed by atoms with Crippen molar-refractivity contribution in [3.63, 3.8) is 0 Å². The van der Waals surface area contributed by atoms with Gasteiger partial charge in [0.1, 0.15) is 0 Å². The fourth-order valence-electron chi connectivity index (χ4n) is 1.21. The van der Waals surface area contributed by atoms with E-state index in [1.807, 2.05) is 0 Å². The number of hydrogen-bond donors (Lipinski definition) is 2. The molecule has 6 heteroatoms. The van der Waals surface area contributed by atoms with Crippen LogP contribution in [0.5, 0.6) is 0 Å². The Bertz CT molecular complexity index is 125. The molecule has 0 amide bonds. The van der Waals surface area contributed by atoms with Crippen molar-refractivity contribution in [2.24, 2.45) is 5.73 Å². The molecule has 0 bridgehead atoms. The van der Waals surface area contributed by atoms with E-state index in [1.165, 1.54) is 0 Å². The van der Waals surface area contributed by atoms with Gasteiger partial charge in [-0.1, -0.05) is 0 Å². The zero-order valence-corrected chi connectivity index (χ0v) is 10.9. The van der Waals surface area contributed by atoms with Crippen LogP contribution < -0.4 is 11.1 Å². The molecule has 0 aromatic carbocycles. The van der Waals surface area contributed by atoms with E-state index < -0.39 is 17.8 Å². The Kier molecular flexibility index (Phi) is 9.12. The second-order valence-corrected chi connectivity index (χ2v) is 7.76. The summed E-state index contributed by atoms with van der Waals surface area (Å²) in [6, 6.07) is 0. The maximum atomic E-state index is 5.35. The maximum absolute atomic E-state index is 5.35. The van der Waals surface area contributed by atoms with Crippen molar-refractivity contribution < 1.29 is 27.7 Å². The SMILES string of the molecule is C[O][Ti]([CH2]CCNCCN)([O]C)[O]C. The Labute approximate surface area is 91.1 Å². The van der Waals surface area contributed by atoms with Gasteiger partial charge >= 0.3 is 90.9 Å². The van der Waals surface area contributed by atoms with Gasteiger partial charge in [0.05, 0.1) is 0 Å². The Morgan fingerprint density at radius 1 is 1.07 bits per heavy atom. The predicted octanol–water partition coefficient (Wildman–Crippen LogP) is 0.181. The number of hydrogen-bond acceptors (Lipinski definition) is 5. The molecular formula is C8H22N2O3Ti. The van der Waals surface area contributed by atoms with E-state index in [4.69, 9.17) is 15.7 Å². The molecular weight excluding hydrogens is 220 g/mol. The van der Waals surface area contributed by atoms with Crippen LogP contribution in [0.2, 0.25) is 4.73 Å². The molecule has 14 heavy (non-hydrogen) atoms. The number of nitrogens with one attached hydrogen (secondary N) is 1. The van der Waals surface area contributed by atoms with Crippen LogP contribution in [-0.2, 0) is 27.7 Å². The van der Waals surface area contributed by atoms with Crippen molar-refractivity contribution in [3.8, 4) is 0 Å². The molecule has 3 N–H and O–H groups in total. The molecule has 0 spiro atoms. The summed E-state index contributed by atoms with van der Waals surface area (Å²) in [6.45, 7) is 2.46. The van der Waals surface area contributed by atoms with Gasteiger partial charge in [-0.15, -0.1) is 0 Å². The van der Waals surface area contributed by atoms with Gasteiger partial charge in [-0.25, -0.2) is 0 Å².